The van der Waals surface area contributed by atoms with Gasteiger partial charge in [0.25, 0.3) is 5.91 Å². The largest absolute Gasteiger partial charge is 0.489 e. The highest BCUT2D eigenvalue weighted by Crippen LogP contribution is 2.37. The maximum atomic E-state index is 12.9. The second-order valence-electron chi connectivity index (χ2n) is 9.69. The van der Waals surface area contributed by atoms with E-state index in [1.165, 1.54) is 5.01 Å². The Balaban J connectivity index is 1.12. The Hall–Kier alpha value is -3.26. The normalized spacial score (nSPS) is 25.6. The molecule has 0 unspecified atom stereocenters. The van der Waals surface area contributed by atoms with Crippen molar-refractivity contribution in [3.63, 3.8) is 0 Å². The summed E-state index contributed by atoms with van der Waals surface area (Å²) < 4.78 is 6.43. The van der Waals surface area contributed by atoms with E-state index in [9.17, 15) is 14.4 Å². The monoisotopic (exact) mass is 460 g/mol. The Bertz CT molecular complexity index is 1110. The van der Waals surface area contributed by atoms with Crippen LogP contribution in [0.2, 0.25) is 0 Å². The summed E-state index contributed by atoms with van der Waals surface area (Å²) in [6.45, 7) is 2.23. The Kier molecular flexibility index (Phi) is 5.32. The molecule has 2 aromatic rings. The number of benzene rings is 1. The maximum Gasteiger partial charge on any atom is 0.273 e. The predicted molar refractivity (Wildman–Crippen MR) is 123 cm³/mol. The zero-order valence-corrected chi connectivity index (χ0v) is 19.1. The zero-order chi connectivity index (χ0) is 23.2. The van der Waals surface area contributed by atoms with Crippen molar-refractivity contribution in [2.24, 2.45) is 0 Å². The second-order valence-corrected chi connectivity index (χ2v) is 9.69. The molecular formula is C26H28N4O4. The van der Waals surface area contributed by atoms with E-state index in [1.807, 2.05) is 30.5 Å². The van der Waals surface area contributed by atoms with Crippen molar-refractivity contribution in [3.8, 4) is 5.75 Å². The topological polar surface area (TPSA) is 83.1 Å². The number of likely N-dealkylation sites (tertiary alicyclic amines) is 1. The minimum Gasteiger partial charge on any atom is -0.489 e. The van der Waals surface area contributed by atoms with E-state index in [1.54, 1.807) is 6.07 Å². The number of hydrogen-bond donors (Lipinski definition) is 0. The van der Waals surface area contributed by atoms with E-state index in [2.05, 4.69) is 16.0 Å². The number of amides is 3. The van der Waals surface area contributed by atoms with Gasteiger partial charge in [-0.05, 0) is 61.6 Å². The number of fused-ring (bicyclic) bond motifs is 1. The summed E-state index contributed by atoms with van der Waals surface area (Å²) in [5.74, 6) is 0.315. The number of rotatable bonds is 5. The molecule has 0 radical (unpaired) electrons. The van der Waals surface area contributed by atoms with Crippen molar-refractivity contribution < 1.29 is 19.1 Å². The summed E-state index contributed by atoms with van der Waals surface area (Å²) in [4.78, 5) is 44.5. The maximum absolute atomic E-state index is 12.9. The first kappa shape index (κ1) is 21.3. The summed E-state index contributed by atoms with van der Waals surface area (Å²) in [6, 6.07) is 12.0. The molecule has 3 amide bonds. The van der Waals surface area contributed by atoms with Crippen LogP contribution in [0.15, 0.2) is 42.6 Å². The molecule has 6 rings (SSSR count). The van der Waals surface area contributed by atoms with Crippen LogP contribution in [0.1, 0.15) is 66.1 Å². The van der Waals surface area contributed by atoms with Gasteiger partial charge in [0.2, 0.25) is 11.8 Å². The lowest BCUT2D eigenvalue weighted by Gasteiger charge is -2.44. The van der Waals surface area contributed by atoms with Gasteiger partial charge in [0.15, 0.2) is 0 Å². The highest BCUT2D eigenvalue weighted by atomic mass is 16.5. The fourth-order valence-corrected chi connectivity index (χ4v) is 5.75. The van der Waals surface area contributed by atoms with Crippen molar-refractivity contribution in [2.45, 2.75) is 63.1 Å². The number of hydrogen-bond acceptors (Lipinski definition) is 6. The number of ether oxygens (including phenoxy) is 1. The molecule has 0 N–H and O–H groups in total. The van der Waals surface area contributed by atoms with Crippen LogP contribution >= 0.6 is 0 Å². The van der Waals surface area contributed by atoms with Gasteiger partial charge >= 0.3 is 0 Å². The molecule has 4 aliphatic rings. The van der Waals surface area contributed by atoms with Crippen LogP contribution in [0, 0.1) is 0 Å². The molecular weight excluding hydrogens is 432 g/mol. The molecule has 2 atom stereocenters. The number of aromatic nitrogens is 1. The van der Waals surface area contributed by atoms with E-state index in [-0.39, 0.29) is 30.4 Å². The van der Waals surface area contributed by atoms with Gasteiger partial charge in [-0.3, -0.25) is 24.3 Å². The molecule has 0 spiro atoms. The van der Waals surface area contributed by atoms with E-state index in [4.69, 9.17) is 4.74 Å². The van der Waals surface area contributed by atoms with Crippen LogP contribution in [0.3, 0.4) is 0 Å². The van der Waals surface area contributed by atoms with Crippen molar-refractivity contribution in [2.75, 3.05) is 13.1 Å². The van der Waals surface area contributed by atoms with Crippen LogP contribution < -0.4 is 4.74 Å². The third-order valence-corrected chi connectivity index (χ3v) is 7.55. The van der Waals surface area contributed by atoms with E-state index in [0.717, 1.165) is 54.4 Å². The van der Waals surface area contributed by atoms with Crippen LogP contribution in [0.25, 0.3) is 0 Å². The van der Waals surface area contributed by atoms with Crippen LogP contribution in [-0.4, -0.2) is 62.9 Å². The summed E-state index contributed by atoms with van der Waals surface area (Å²) in [5.41, 5.74) is 2.48. The standard InChI is InChI=1S/C26H28N4O4/c31-24-8-4-9-25(32)30(24)29-16-17-13-19(10-11-20(17)26(29)33)34-23-7-3-6-22(23)28-14-18(15-28)21-5-1-2-12-27-21/h1-2,5,10-13,18,22-23H,3-4,6-9,14-16H2/t22-,23+/m0/s1. The number of pyridine rings is 1. The lowest BCUT2D eigenvalue weighted by molar-refractivity contribution is -0.163. The SMILES string of the molecule is O=C1c2ccc(O[C@@H]3CCC[C@@H]3N3CC(c4ccccn4)C3)cc2CN1N1C(=O)CCCC1=O. The third-order valence-electron chi connectivity index (χ3n) is 7.55. The first-order valence-corrected chi connectivity index (χ1v) is 12.2. The van der Waals surface area contributed by atoms with E-state index < -0.39 is 0 Å². The fraction of sp³-hybridized carbons (Fsp3) is 0.462. The average molecular weight is 461 g/mol. The molecule has 34 heavy (non-hydrogen) atoms. The van der Waals surface area contributed by atoms with Crippen molar-refractivity contribution >= 4 is 17.7 Å². The van der Waals surface area contributed by atoms with Crippen LogP contribution in [0.5, 0.6) is 5.75 Å². The quantitative estimate of drug-likeness (QED) is 0.638. The molecule has 2 saturated heterocycles. The lowest BCUT2D eigenvalue weighted by Crippen LogP contribution is -2.54. The van der Waals surface area contributed by atoms with Gasteiger partial charge in [0.1, 0.15) is 11.9 Å². The minimum absolute atomic E-state index is 0.112. The first-order chi connectivity index (χ1) is 16.6. The predicted octanol–water partition coefficient (Wildman–Crippen LogP) is 2.89. The van der Waals surface area contributed by atoms with Gasteiger partial charge < -0.3 is 4.74 Å². The van der Waals surface area contributed by atoms with Gasteiger partial charge in [0.05, 0.1) is 6.54 Å². The minimum atomic E-state index is -0.304. The number of piperidine rings is 1. The second kappa shape index (κ2) is 8.51. The number of hydrazine groups is 1. The van der Waals surface area contributed by atoms with Crippen molar-refractivity contribution in [3.05, 3.63) is 59.4 Å². The molecule has 1 aromatic heterocycles. The van der Waals surface area contributed by atoms with Crippen LogP contribution in [0.4, 0.5) is 0 Å². The molecule has 4 heterocycles. The Morgan fingerprint density at radius 2 is 1.76 bits per heavy atom. The Labute approximate surface area is 198 Å². The fourth-order valence-electron chi connectivity index (χ4n) is 5.75. The molecule has 1 aliphatic carbocycles. The Morgan fingerprint density at radius 3 is 2.53 bits per heavy atom. The molecule has 1 aromatic carbocycles. The van der Waals surface area contributed by atoms with Gasteiger partial charge in [-0.2, -0.15) is 5.01 Å². The third kappa shape index (κ3) is 3.66. The highest BCUT2D eigenvalue weighted by molar-refractivity contribution is 6.04. The van der Waals surface area contributed by atoms with Gasteiger partial charge in [-0.15, -0.1) is 0 Å². The highest BCUT2D eigenvalue weighted by Gasteiger charge is 2.42. The number of imide groups is 1. The molecule has 176 valence electrons. The number of carbonyl (C=O) groups excluding carboxylic acids is 3. The molecule has 8 heteroatoms. The summed E-state index contributed by atoms with van der Waals surface area (Å²) in [5, 5.41) is 2.33. The van der Waals surface area contributed by atoms with Gasteiger partial charge in [-0.25, -0.2) is 5.01 Å². The van der Waals surface area contributed by atoms with E-state index in [0.29, 0.717) is 36.8 Å². The summed E-state index contributed by atoms with van der Waals surface area (Å²) in [6.07, 6.45) is 6.36. The smallest absolute Gasteiger partial charge is 0.273 e. The molecule has 1 saturated carbocycles. The van der Waals surface area contributed by atoms with Gasteiger partial charge in [0, 0.05) is 55.3 Å². The summed E-state index contributed by atoms with van der Waals surface area (Å²) >= 11 is 0. The molecule has 3 aliphatic heterocycles. The Morgan fingerprint density at radius 1 is 0.941 bits per heavy atom. The first-order valence-electron chi connectivity index (χ1n) is 12.2. The zero-order valence-electron chi connectivity index (χ0n) is 19.1. The number of carbonyl (C=O) groups is 3. The molecule has 0 bridgehead atoms. The van der Waals surface area contributed by atoms with Crippen molar-refractivity contribution in [1.29, 1.82) is 0 Å². The van der Waals surface area contributed by atoms with Crippen LogP contribution in [-0.2, 0) is 16.1 Å². The molecule has 8 nitrogen and oxygen atoms in total. The summed E-state index contributed by atoms with van der Waals surface area (Å²) in [7, 11) is 0. The number of nitrogens with zero attached hydrogens (tertiary/aromatic N) is 4. The average Bonchev–Trinajstić information content (AvgIpc) is 3.38. The lowest BCUT2D eigenvalue weighted by atomic mass is 9.93. The van der Waals surface area contributed by atoms with Gasteiger partial charge in [-0.1, -0.05) is 6.07 Å². The molecule has 3 fully saturated rings. The van der Waals surface area contributed by atoms with Crippen molar-refractivity contribution in [1.82, 2.24) is 19.9 Å². The van der Waals surface area contributed by atoms with E-state index >= 15 is 0 Å².